The minimum Gasteiger partial charge on any atom is -0.356 e. The normalized spacial score (nSPS) is 19.7. The van der Waals surface area contributed by atoms with Gasteiger partial charge in [0.25, 0.3) is 5.91 Å². The van der Waals surface area contributed by atoms with E-state index >= 15 is 0 Å². The van der Waals surface area contributed by atoms with Gasteiger partial charge in [-0.2, -0.15) is 0 Å². The molecule has 1 saturated carbocycles. The molecule has 1 aliphatic heterocycles. The fourth-order valence-corrected chi connectivity index (χ4v) is 4.47. The summed E-state index contributed by atoms with van der Waals surface area (Å²) in [5.74, 6) is 1.33. The van der Waals surface area contributed by atoms with Crippen LogP contribution in [0.25, 0.3) is 22.0 Å². The van der Waals surface area contributed by atoms with Crippen molar-refractivity contribution < 1.29 is 9.32 Å². The number of carbonyl (C=O) groups is 1. The predicted octanol–water partition coefficient (Wildman–Crippen LogP) is 4.60. The minimum absolute atomic E-state index is 0.144. The molecule has 2 aromatic carbocycles. The Labute approximate surface area is 173 Å². The Balaban J connectivity index is 1.26. The highest BCUT2D eigenvalue weighted by Gasteiger charge is 2.29. The molecule has 1 aliphatic carbocycles. The Morgan fingerprint density at radius 3 is 2.90 bits per heavy atom. The van der Waals surface area contributed by atoms with Crippen LogP contribution in [0, 0.1) is 0 Å². The summed E-state index contributed by atoms with van der Waals surface area (Å²) in [7, 11) is 2.14. The van der Waals surface area contributed by atoms with Crippen molar-refractivity contribution in [3.63, 3.8) is 0 Å². The Morgan fingerprint density at radius 1 is 1.20 bits per heavy atom. The van der Waals surface area contributed by atoms with Crippen molar-refractivity contribution in [3.8, 4) is 0 Å². The lowest BCUT2D eigenvalue weighted by molar-refractivity contribution is 0.102. The maximum Gasteiger partial charge on any atom is 0.255 e. The fraction of sp³-hybridized carbons (Fsp3) is 0.348. The number of aromatic amines is 1. The molecule has 2 aliphatic rings. The maximum atomic E-state index is 12.9. The molecule has 1 amide bonds. The molecule has 7 nitrogen and oxygen atoms in total. The molecule has 2 fully saturated rings. The first-order valence-electron chi connectivity index (χ1n) is 10.6. The number of likely N-dealkylation sites (tertiary alicyclic amines) is 1. The largest absolute Gasteiger partial charge is 0.356 e. The number of fused-ring (bicyclic) bond motifs is 2. The summed E-state index contributed by atoms with van der Waals surface area (Å²) in [6.07, 6.45) is 4.59. The number of nitrogens with zero attached hydrogens (tertiary/aromatic N) is 3. The second kappa shape index (κ2) is 6.67. The van der Waals surface area contributed by atoms with E-state index in [0.29, 0.717) is 17.5 Å². The standard InChI is InChI=1S/C23H23N5O2/c1-28-10-2-3-19(28)22-25-17-8-7-15(12-18(17)26-22)24-23(29)14-6-9-20-16(11-14)21(27-30-20)13-4-5-13/h6-9,11-13,19H,2-5,10H2,1H3,(H,24,29)(H,25,26)/t19-/m1/s1. The average Bonchev–Trinajstić information content (AvgIpc) is 3.16. The number of hydrogen-bond acceptors (Lipinski definition) is 5. The van der Waals surface area contributed by atoms with Gasteiger partial charge in [-0.15, -0.1) is 0 Å². The molecule has 0 unspecified atom stereocenters. The molecule has 1 saturated heterocycles. The van der Waals surface area contributed by atoms with E-state index in [2.05, 4.69) is 27.4 Å². The molecule has 30 heavy (non-hydrogen) atoms. The number of amides is 1. The lowest BCUT2D eigenvalue weighted by atomic mass is 10.1. The van der Waals surface area contributed by atoms with Gasteiger partial charge in [-0.3, -0.25) is 9.69 Å². The smallest absolute Gasteiger partial charge is 0.255 e. The van der Waals surface area contributed by atoms with Gasteiger partial charge in [0.15, 0.2) is 5.58 Å². The number of rotatable bonds is 4. The van der Waals surface area contributed by atoms with Crippen molar-refractivity contribution in [3.05, 3.63) is 53.5 Å². The van der Waals surface area contributed by atoms with Crippen molar-refractivity contribution in [1.82, 2.24) is 20.0 Å². The van der Waals surface area contributed by atoms with E-state index in [0.717, 1.165) is 65.0 Å². The first kappa shape index (κ1) is 17.7. The summed E-state index contributed by atoms with van der Waals surface area (Å²) in [5, 5.41) is 8.15. The molecule has 1 atom stereocenters. The molecule has 0 spiro atoms. The molecule has 0 bridgehead atoms. The third-order valence-electron chi connectivity index (χ3n) is 6.32. The molecule has 2 N–H and O–H groups in total. The van der Waals surface area contributed by atoms with Crippen molar-refractivity contribution >= 4 is 33.6 Å². The predicted molar refractivity (Wildman–Crippen MR) is 115 cm³/mol. The van der Waals surface area contributed by atoms with Crippen LogP contribution in [-0.2, 0) is 0 Å². The second-order valence-electron chi connectivity index (χ2n) is 8.50. The third-order valence-corrected chi connectivity index (χ3v) is 6.32. The molecule has 152 valence electrons. The van der Waals surface area contributed by atoms with Gasteiger partial charge in [0.1, 0.15) is 5.82 Å². The number of H-pyrrole nitrogens is 1. The summed E-state index contributed by atoms with van der Waals surface area (Å²) in [6.45, 7) is 1.10. The number of imidazole rings is 1. The van der Waals surface area contributed by atoms with Gasteiger partial charge in [-0.25, -0.2) is 4.98 Å². The van der Waals surface area contributed by atoms with Gasteiger partial charge >= 0.3 is 0 Å². The van der Waals surface area contributed by atoms with Gasteiger partial charge in [-0.1, -0.05) is 5.16 Å². The minimum atomic E-state index is -0.144. The summed E-state index contributed by atoms with van der Waals surface area (Å²) in [5.41, 5.74) is 4.91. The van der Waals surface area contributed by atoms with Crippen molar-refractivity contribution in [2.75, 3.05) is 18.9 Å². The van der Waals surface area contributed by atoms with Crippen LogP contribution in [0.4, 0.5) is 5.69 Å². The van der Waals surface area contributed by atoms with E-state index in [1.807, 2.05) is 30.3 Å². The lowest BCUT2D eigenvalue weighted by Gasteiger charge is -2.16. The Kier molecular flexibility index (Phi) is 3.92. The van der Waals surface area contributed by atoms with Crippen molar-refractivity contribution in [2.45, 2.75) is 37.6 Å². The van der Waals surface area contributed by atoms with Crippen LogP contribution in [0.15, 0.2) is 40.9 Å². The topological polar surface area (TPSA) is 87.1 Å². The molecular formula is C23H23N5O2. The molecule has 7 heteroatoms. The van der Waals surface area contributed by atoms with Gasteiger partial charge < -0.3 is 14.8 Å². The number of benzene rings is 2. The number of aromatic nitrogens is 3. The van der Waals surface area contributed by atoms with Crippen LogP contribution >= 0.6 is 0 Å². The number of nitrogens with one attached hydrogen (secondary N) is 2. The highest BCUT2D eigenvalue weighted by molar-refractivity contribution is 6.06. The van der Waals surface area contributed by atoms with Gasteiger partial charge in [0, 0.05) is 22.6 Å². The quantitative estimate of drug-likeness (QED) is 0.522. The number of anilines is 1. The van der Waals surface area contributed by atoms with E-state index in [1.165, 1.54) is 6.42 Å². The zero-order chi connectivity index (χ0) is 20.2. The fourth-order valence-electron chi connectivity index (χ4n) is 4.47. The van der Waals surface area contributed by atoms with Crippen molar-refractivity contribution in [1.29, 1.82) is 0 Å². The van der Waals surface area contributed by atoms with Gasteiger partial charge in [-0.05, 0) is 75.7 Å². The van der Waals surface area contributed by atoms with Crippen LogP contribution in [0.1, 0.15) is 59.5 Å². The van der Waals surface area contributed by atoms with E-state index in [1.54, 1.807) is 6.07 Å². The highest BCUT2D eigenvalue weighted by Crippen LogP contribution is 2.42. The monoisotopic (exact) mass is 401 g/mol. The SMILES string of the molecule is CN1CCC[C@@H]1c1nc2ccc(NC(=O)c3ccc4onc(C5CC5)c4c3)cc2[nH]1. The summed E-state index contributed by atoms with van der Waals surface area (Å²) in [6, 6.07) is 11.6. The highest BCUT2D eigenvalue weighted by atomic mass is 16.5. The zero-order valence-electron chi connectivity index (χ0n) is 16.8. The van der Waals surface area contributed by atoms with E-state index in [9.17, 15) is 4.79 Å². The molecule has 2 aromatic heterocycles. The van der Waals surface area contributed by atoms with Crippen LogP contribution < -0.4 is 5.32 Å². The first-order valence-corrected chi connectivity index (χ1v) is 10.6. The van der Waals surface area contributed by atoms with Crippen LogP contribution in [0.3, 0.4) is 0 Å². The van der Waals surface area contributed by atoms with Crippen molar-refractivity contribution in [2.24, 2.45) is 0 Å². The molecule has 4 aromatic rings. The van der Waals surface area contributed by atoms with Crippen LogP contribution in [0.2, 0.25) is 0 Å². The summed E-state index contributed by atoms with van der Waals surface area (Å²) >= 11 is 0. The van der Waals surface area contributed by atoms with E-state index in [-0.39, 0.29) is 5.91 Å². The maximum absolute atomic E-state index is 12.9. The molecule has 0 radical (unpaired) electrons. The van der Waals surface area contributed by atoms with Crippen LogP contribution in [0.5, 0.6) is 0 Å². The molecule has 3 heterocycles. The summed E-state index contributed by atoms with van der Waals surface area (Å²) < 4.78 is 5.41. The average molecular weight is 401 g/mol. The molecule has 6 rings (SSSR count). The second-order valence-corrected chi connectivity index (χ2v) is 8.50. The van der Waals surface area contributed by atoms with Crippen LogP contribution in [-0.4, -0.2) is 39.5 Å². The van der Waals surface area contributed by atoms with E-state index in [4.69, 9.17) is 9.51 Å². The Hall–Kier alpha value is -3.19. The zero-order valence-corrected chi connectivity index (χ0v) is 16.8. The van der Waals surface area contributed by atoms with Gasteiger partial charge in [0.05, 0.1) is 22.8 Å². The lowest BCUT2D eigenvalue weighted by Crippen LogP contribution is -2.18. The number of carbonyl (C=O) groups excluding carboxylic acids is 1. The molecular weight excluding hydrogens is 378 g/mol. The number of hydrogen-bond donors (Lipinski definition) is 2. The first-order chi connectivity index (χ1) is 14.7. The van der Waals surface area contributed by atoms with E-state index < -0.39 is 0 Å². The Bertz CT molecular complexity index is 1270. The third kappa shape index (κ3) is 2.97. The Morgan fingerprint density at radius 2 is 2.10 bits per heavy atom. The summed E-state index contributed by atoms with van der Waals surface area (Å²) in [4.78, 5) is 23.4. The van der Waals surface area contributed by atoms with Gasteiger partial charge in [0.2, 0.25) is 0 Å².